The van der Waals surface area contributed by atoms with E-state index in [1.165, 1.54) is 0 Å². The molecular weight excluding hydrogens is 128 g/mol. The lowest BCUT2D eigenvalue weighted by molar-refractivity contribution is -0.111. The number of likely N-dealkylation sites (N-methyl/N-ethyl adjacent to an activating group) is 1. The van der Waals surface area contributed by atoms with Crippen LogP contribution in [0.25, 0.3) is 0 Å². The molecule has 2 N–H and O–H groups in total. The Bertz CT molecular complexity index is 127. The van der Waals surface area contributed by atoms with Crippen LogP contribution >= 0.6 is 0 Å². The predicted molar refractivity (Wildman–Crippen MR) is 39.7 cm³/mol. The van der Waals surface area contributed by atoms with E-state index in [9.17, 15) is 4.79 Å². The molecule has 2 atom stereocenters. The molecule has 0 aliphatic carbocycles. The van der Waals surface area contributed by atoms with E-state index >= 15 is 0 Å². The molecule has 0 aromatic heterocycles. The summed E-state index contributed by atoms with van der Waals surface area (Å²) in [5, 5.41) is 0. The summed E-state index contributed by atoms with van der Waals surface area (Å²) in [5.74, 6) is 0. The predicted octanol–water partition coefficient (Wildman–Crippen LogP) is -0.393. The molecule has 0 bridgehead atoms. The van der Waals surface area contributed by atoms with Crippen molar-refractivity contribution in [2.45, 2.75) is 24.9 Å². The summed E-state index contributed by atoms with van der Waals surface area (Å²) in [7, 11) is 1.96. The zero-order chi connectivity index (χ0) is 7.56. The zero-order valence-electron chi connectivity index (χ0n) is 6.29. The molecule has 0 radical (unpaired) electrons. The second kappa shape index (κ2) is 3.12. The molecule has 1 aliphatic heterocycles. The number of nitrogens with zero attached hydrogens (tertiary/aromatic N) is 1. The number of hydrogen-bond donors (Lipinski definition) is 1. The third kappa shape index (κ3) is 1.20. The second-order valence-corrected chi connectivity index (χ2v) is 2.84. The van der Waals surface area contributed by atoms with Crippen LogP contribution < -0.4 is 5.73 Å². The number of carbonyl (C=O) groups excluding carboxylic acids is 1. The number of aldehydes is 1. The first-order chi connectivity index (χ1) is 4.79. The first kappa shape index (κ1) is 7.69. The molecule has 1 aliphatic rings. The van der Waals surface area contributed by atoms with Crippen molar-refractivity contribution in [1.29, 1.82) is 0 Å². The van der Waals surface area contributed by atoms with E-state index in [1.54, 1.807) is 0 Å². The van der Waals surface area contributed by atoms with Crippen LogP contribution in [-0.2, 0) is 4.79 Å². The van der Waals surface area contributed by atoms with Crippen molar-refractivity contribution in [3.63, 3.8) is 0 Å². The third-order valence-electron chi connectivity index (χ3n) is 2.32. The van der Waals surface area contributed by atoms with Gasteiger partial charge in [0.25, 0.3) is 0 Å². The van der Waals surface area contributed by atoms with Crippen molar-refractivity contribution in [3.8, 4) is 0 Å². The maximum Gasteiger partial charge on any atom is 0.137 e. The van der Waals surface area contributed by atoms with Gasteiger partial charge in [-0.2, -0.15) is 0 Å². The fourth-order valence-corrected chi connectivity index (χ4v) is 1.49. The van der Waals surface area contributed by atoms with Crippen LogP contribution in [0.1, 0.15) is 12.8 Å². The lowest BCUT2D eigenvalue weighted by Crippen LogP contribution is -2.37. The van der Waals surface area contributed by atoms with Gasteiger partial charge in [0.15, 0.2) is 0 Å². The largest absolute Gasteiger partial charge is 0.329 e. The number of carbonyl (C=O) groups is 1. The average Bonchev–Trinajstić information content (AvgIpc) is 2.30. The van der Waals surface area contributed by atoms with E-state index in [0.717, 1.165) is 19.1 Å². The molecule has 58 valence electrons. The van der Waals surface area contributed by atoms with Gasteiger partial charge in [0.2, 0.25) is 0 Å². The minimum absolute atomic E-state index is 0.119. The van der Waals surface area contributed by atoms with E-state index in [-0.39, 0.29) is 6.04 Å². The van der Waals surface area contributed by atoms with Gasteiger partial charge in [0, 0.05) is 12.6 Å². The highest BCUT2D eigenvalue weighted by Gasteiger charge is 2.28. The molecule has 2 unspecified atom stereocenters. The van der Waals surface area contributed by atoms with Crippen molar-refractivity contribution < 1.29 is 4.79 Å². The Kier molecular flexibility index (Phi) is 2.40. The first-order valence-corrected chi connectivity index (χ1v) is 3.67. The Balaban J connectivity index is 2.48. The van der Waals surface area contributed by atoms with Gasteiger partial charge in [-0.25, -0.2) is 0 Å². The van der Waals surface area contributed by atoms with E-state index < -0.39 is 0 Å². The van der Waals surface area contributed by atoms with Crippen LogP contribution in [0.4, 0.5) is 0 Å². The Morgan fingerprint density at radius 3 is 2.70 bits per heavy atom. The summed E-state index contributed by atoms with van der Waals surface area (Å²) in [5.41, 5.74) is 5.48. The van der Waals surface area contributed by atoms with Crippen LogP contribution in [0.15, 0.2) is 0 Å². The summed E-state index contributed by atoms with van der Waals surface area (Å²) in [6.45, 7) is 0.668. The van der Waals surface area contributed by atoms with Crippen LogP contribution in [0, 0.1) is 0 Å². The fraction of sp³-hybridized carbons (Fsp3) is 0.857. The molecule has 3 nitrogen and oxygen atoms in total. The van der Waals surface area contributed by atoms with Gasteiger partial charge in [-0.15, -0.1) is 0 Å². The molecule has 10 heavy (non-hydrogen) atoms. The Morgan fingerprint density at radius 1 is 1.70 bits per heavy atom. The fourth-order valence-electron chi connectivity index (χ4n) is 1.49. The molecule has 0 aromatic carbocycles. The van der Waals surface area contributed by atoms with Gasteiger partial charge < -0.3 is 10.5 Å². The molecule has 1 rings (SSSR count). The highest BCUT2D eigenvalue weighted by molar-refractivity contribution is 5.58. The average molecular weight is 142 g/mol. The van der Waals surface area contributed by atoms with E-state index in [2.05, 4.69) is 4.90 Å². The Morgan fingerprint density at radius 2 is 2.40 bits per heavy atom. The van der Waals surface area contributed by atoms with E-state index in [4.69, 9.17) is 5.73 Å². The number of nitrogens with two attached hydrogens (primary N) is 1. The maximum absolute atomic E-state index is 10.4. The van der Waals surface area contributed by atoms with Crippen molar-refractivity contribution in [1.82, 2.24) is 4.90 Å². The quantitative estimate of drug-likeness (QED) is 0.534. The summed E-state index contributed by atoms with van der Waals surface area (Å²) < 4.78 is 0. The van der Waals surface area contributed by atoms with E-state index in [1.807, 2.05) is 7.05 Å². The molecule has 1 heterocycles. The minimum Gasteiger partial charge on any atom is -0.329 e. The number of hydrogen-bond acceptors (Lipinski definition) is 3. The van der Waals surface area contributed by atoms with Crippen LogP contribution in [0.5, 0.6) is 0 Å². The Labute approximate surface area is 61.2 Å². The SMILES string of the molecule is CN1C(C=O)CCC1CN. The van der Waals surface area contributed by atoms with Crippen LogP contribution in [-0.4, -0.2) is 36.9 Å². The van der Waals surface area contributed by atoms with Crippen molar-refractivity contribution in [2.24, 2.45) is 5.73 Å². The summed E-state index contributed by atoms with van der Waals surface area (Å²) in [6, 6.07) is 0.545. The third-order valence-corrected chi connectivity index (χ3v) is 2.32. The lowest BCUT2D eigenvalue weighted by Gasteiger charge is -2.20. The monoisotopic (exact) mass is 142 g/mol. The number of rotatable bonds is 2. The Hall–Kier alpha value is -0.410. The topological polar surface area (TPSA) is 46.3 Å². The van der Waals surface area contributed by atoms with Crippen LogP contribution in [0.2, 0.25) is 0 Å². The first-order valence-electron chi connectivity index (χ1n) is 3.67. The van der Waals surface area contributed by atoms with Crippen molar-refractivity contribution in [2.75, 3.05) is 13.6 Å². The standard InChI is InChI=1S/C7H14N2O/c1-9-6(4-8)2-3-7(9)5-10/h5-7H,2-4,8H2,1H3. The maximum atomic E-state index is 10.4. The van der Waals surface area contributed by atoms with Gasteiger partial charge in [0.05, 0.1) is 6.04 Å². The molecular formula is C7H14N2O. The smallest absolute Gasteiger partial charge is 0.137 e. The van der Waals surface area contributed by atoms with Gasteiger partial charge >= 0.3 is 0 Å². The van der Waals surface area contributed by atoms with Crippen molar-refractivity contribution >= 4 is 6.29 Å². The summed E-state index contributed by atoms with van der Waals surface area (Å²) in [6.07, 6.45) is 3.05. The molecule has 3 heteroatoms. The van der Waals surface area contributed by atoms with Gasteiger partial charge in [-0.05, 0) is 19.9 Å². The van der Waals surface area contributed by atoms with Gasteiger partial charge in [-0.3, -0.25) is 4.90 Å². The van der Waals surface area contributed by atoms with E-state index in [0.29, 0.717) is 12.6 Å². The molecule has 0 spiro atoms. The molecule has 0 saturated carbocycles. The highest BCUT2D eigenvalue weighted by Crippen LogP contribution is 2.19. The summed E-state index contributed by atoms with van der Waals surface area (Å²) in [4.78, 5) is 12.5. The van der Waals surface area contributed by atoms with Crippen LogP contribution in [0.3, 0.4) is 0 Å². The zero-order valence-corrected chi connectivity index (χ0v) is 6.29. The van der Waals surface area contributed by atoms with Gasteiger partial charge in [-0.1, -0.05) is 0 Å². The lowest BCUT2D eigenvalue weighted by atomic mass is 10.2. The molecule has 0 aromatic rings. The number of likely N-dealkylation sites (tertiary alicyclic amines) is 1. The molecule has 1 fully saturated rings. The molecule has 0 amide bonds. The molecule has 1 saturated heterocycles. The summed E-state index contributed by atoms with van der Waals surface area (Å²) >= 11 is 0. The van der Waals surface area contributed by atoms with Crippen molar-refractivity contribution in [3.05, 3.63) is 0 Å². The van der Waals surface area contributed by atoms with Gasteiger partial charge in [0.1, 0.15) is 6.29 Å². The second-order valence-electron chi connectivity index (χ2n) is 2.84. The normalized spacial score (nSPS) is 34.6. The highest BCUT2D eigenvalue weighted by atomic mass is 16.1. The minimum atomic E-state index is 0.119.